The van der Waals surface area contributed by atoms with Crippen LogP contribution in [0.3, 0.4) is 0 Å². The van der Waals surface area contributed by atoms with E-state index in [0.29, 0.717) is 0 Å². The summed E-state index contributed by atoms with van der Waals surface area (Å²) >= 11 is 0. The molecular formula is C13H26N2. The lowest BCUT2D eigenvalue weighted by atomic mass is 9.89. The molecule has 0 bridgehead atoms. The van der Waals surface area contributed by atoms with E-state index < -0.39 is 0 Å². The summed E-state index contributed by atoms with van der Waals surface area (Å²) < 4.78 is 0. The summed E-state index contributed by atoms with van der Waals surface area (Å²) in [4.78, 5) is 2.58. The van der Waals surface area contributed by atoms with Crippen LogP contribution in [-0.4, -0.2) is 31.2 Å². The van der Waals surface area contributed by atoms with Crippen molar-refractivity contribution in [1.29, 1.82) is 0 Å². The fourth-order valence-electron chi connectivity index (χ4n) is 2.94. The zero-order valence-corrected chi connectivity index (χ0v) is 10.0. The average Bonchev–Trinajstić information content (AvgIpc) is 2.32. The van der Waals surface area contributed by atoms with Gasteiger partial charge in [0.1, 0.15) is 0 Å². The molecular weight excluding hydrogens is 184 g/mol. The molecule has 1 aliphatic heterocycles. The molecule has 88 valence electrons. The predicted octanol–water partition coefficient (Wildman–Crippen LogP) is 2.60. The van der Waals surface area contributed by atoms with Crippen LogP contribution in [0.5, 0.6) is 0 Å². The number of rotatable bonds is 4. The molecule has 0 aromatic rings. The molecule has 0 spiro atoms. The normalized spacial score (nSPS) is 25.6. The lowest BCUT2D eigenvalue weighted by Gasteiger charge is -2.28. The second kappa shape index (κ2) is 6.49. The molecule has 2 fully saturated rings. The second-order valence-electron chi connectivity index (χ2n) is 5.29. The van der Waals surface area contributed by atoms with E-state index in [2.05, 4.69) is 10.2 Å². The molecule has 2 heteroatoms. The summed E-state index contributed by atoms with van der Waals surface area (Å²) in [6.45, 7) is 5.03. The second-order valence-corrected chi connectivity index (χ2v) is 5.29. The van der Waals surface area contributed by atoms with Gasteiger partial charge in [-0.15, -0.1) is 0 Å². The fourth-order valence-corrected chi connectivity index (χ4v) is 2.94. The highest BCUT2D eigenvalue weighted by Crippen LogP contribution is 2.22. The lowest BCUT2D eigenvalue weighted by Crippen LogP contribution is -2.39. The Labute approximate surface area is 94.4 Å². The van der Waals surface area contributed by atoms with Gasteiger partial charge in [0.25, 0.3) is 0 Å². The first-order chi connectivity index (χ1) is 7.45. The van der Waals surface area contributed by atoms with Crippen LogP contribution in [0.4, 0.5) is 0 Å². The highest BCUT2D eigenvalue weighted by Gasteiger charge is 2.14. The first-order valence-corrected chi connectivity index (χ1v) is 6.88. The first kappa shape index (κ1) is 11.4. The molecule has 2 nitrogen and oxygen atoms in total. The largest absolute Gasteiger partial charge is 0.304 e. The standard InChI is InChI=1S/C13H26N2/c1-3-7-13(8-4-1)11-14-12-15-9-5-2-6-10-15/h13-14H,1-12H2. The SMILES string of the molecule is C1CCC(CNCN2CCCCC2)CC1. The van der Waals surface area contributed by atoms with Gasteiger partial charge in [0.15, 0.2) is 0 Å². The maximum Gasteiger partial charge on any atom is 0.0480 e. The predicted molar refractivity (Wildman–Crippen MR) is 64.9 cm³/mol. The first-order valence-electron chi connectivity index (χ1n) is 6.88. The average molecular weight is 210 g/mol. The number of nitrogens with zero attached hydrogens (tertiary/aromatic N) is 1. The smallest absolute Gasteiger partial charge is 0.0480 e. The molecule has 15 heavy (non-hydrogen) atoms. The topological polar surface area (TPSA) is 15.3 Å². The molecule has 0 aromatic heterocycles. The van der Waals surface area contributed by atoms with Crippen molar-refractivity contribution < 1.29 is 0 Å². The third-order valence-electron chi connectivity index (χ3n) is 3.94. The Hall–Kier alpha value is -0.0800. The molecule has 1 heterocycles. The minimum atomic E-state index is 0.976. The summed E-state index contributed by atoms with van der Waals surface area (Å²) in [5.74, 6) is 0.976. The number of nitrogens with one attached hydrogen (secondary N) is 1. The van der Waals surface area contributed by atoms with E-state index in [4.69, 9.17) is 0 Å². The van der Waals surface area contributed by atoms with E-state index in [1.165, 1.54) is 71.0 Å². The van der Waals surface area contributed by atoms with Crippen LogP contribution in [0.2, 0.25) is 0 Å². The zero-order valence-electron chi connectivity index (χ0n) is 10.0. The summed E-state index contributed by atoms with van der Waals surface area (Å²) in [6, 6.07) is 0. The maximum absolute atomic E-state index is 3.65. The number of likely N-dealkylation sites (tertiary alicyclic amines) is 1. The molecule has 0 unspecified atom stereocenters. The number of hydrogen-bond donors (Lipinski definition) is 1. The third kappa shape index (κ3) is 4.12. The van der Waals surface area contributed by atoms with Crippen molar-refractivity contribution >= 4 is 0 Å². The van der Waals surface area contributed by atoms with E-state index in [-0.39, 0.29) is 0 Å². The van der Waals surface area contributed by atoms with Gasteiger partial charge in [0.05, 0.1) is 0 Å². The van der Waals surface area contributed by atoms with E-state index in [0.717, 1.165) is 12.6 Å². The van der Waals surface area contributed by atoms with Crippen LogP contribution < -0.4 is 5.32 Å². The van der Waals surface area contributed by atoms with Crippen LogP contribution in [0, 0.1) is 5.92 Å². The Morgan fingerprint density at radius 1 is 0.867 bits per heavy atom. The van der Waals surface area contributed by atoms with Crippen molar-refractivity contribution in [2.45, 2.75) is 51.4 Å². The van der Waals surface area contributed by atoms with Crippen molar-refractivity contribution in [3.8, 4) is 0 Å². The van der Waals surface area contributed by atoms with Gasteiger partial charge in [0.2, 0.25) is 0 Å². The number of hydrogen-bond acceptors (Lipinski definition) is 2. The van der Waals surface area contributed by atoms with Gasteiger partial charge in [-0.05, 0) is 51.2 Å². The maximum atomic E-state index is 3.65. The van der Waals surface area contributed by atoms with Crippen LogP contribution in [0.15, 0.2) is 0 Å². The minimum Gasteiger partial charge on any atom is -0.304 e. The Bertz CT molecular complexity index is 140. The van der Waals surface area contributed by atoms with Crippen molar-refractivity contribution in [2.24, 2.45) is 5.92 Å². The minimum absolute atomic E-state index is 0.976. The Balaban J connectivity index is 1.53. The van der Waals surface area contributed by atoms with Gasteiger partial charge in [-0.1, -0.05) is 25.7 Å². The monoisotopic (exact) mass is 210 g/mol. The highest BCUT2D eigenvalue weighted by molar-refractivity contribution is 4.69. The number of piperidine rings is 1. The van der Waals surface area contributed by atoms with E-state index in [9.17, 15) is 0 Å². The van der Waals surface area contributed by atoms with Gasteiger partial charge in [-0.2, -0.15) is 0 Å². The molecule has 0 aromatic carbocycles. The summed E-state index contributed by atoms with van der Waals surface area (Å²) in [6.07, 6.45) is 11.6. The Morgan fingerprint density at radius 2 is 1.53 bits per heavy atom. The molecule has 2 rings (SSSR count). The Kier molecular flexibility index (Phi) is 4.94. The van der Waals surface area contributed by atoms with Crippen LogP contribution >= 0.6 is 0 Å². The molecule has 2 aliphatic rings. The van der Waals surface area contributed by atoms with Gasteiger partial charge in [0, 0.05) is 6.67 Å². The third-order valence-corrected chi connectivity index (χ3v) is 3.94. The van der Waals surface area contributed by atoms with Crippen LogP contribution in [0.25, 0.3) is 0 Å². The fraction of sp³-hybridized carbons (Fsp3) is 1.00. The van der Waals surface area contributed by atoms with Gasteiger partial charge >= 0.3 is 0 Å². The summed E-state index contributed by atoms with van der Waals surface area (Å²) in [5.41, 5.74) is 0. The summed E-state index contributed by atoms with van der Waals surface area (Å²) in [7, 11) is 0. The van der Waals surface area contributed by atoms with Crippen molar-refractivity contribution in [3.05, 3.63) is 0 Å². The van der Waals surface area contributed by atoms with Gasteiger partial charge in [-0.3, -0.25) is 4.90 Å². The van der Waals surface area contributed by atoms with Gasteiger partial charge < -0.3 is 5.32 Å². The molecule has 0 radical (unpaired) electrons. The van der Waals surface area contributed by atoms with Crippen molar-refractivity contribution in [3.63, 3.8) is 0 Å². The highest BCUT2D eigenvalue weighted by atomic mass is 15.2. The van der Waals surface area contributed by atoms with Crippen molar-refractivity contribution in [1.82, 2.24) is 10.2 Å². The van der Waals surface area contributed by atoms with E-state index in [1.807, 2.05) is 0 Å². The van der Waals surface area contributed by atoms with Gasteiger partial charge in [-0.25, -0.2) is 0 Å². The molecule has 1 saturated heterocycles. The van der Waals surface area contributed by atoms with E-state index in [1.54, 1.807) is 0 Å². The quantitative estimate of drug-likeness (QED) is 0.767. The van der Waals surface area contributed by atoms with Crippen molar-refractivity contribution in [2.75, 3.05) is 26.3 Å². The Morgan fingerprint density at radius 3 is 2.27 bits per heavy atom. The lowest BCUT2D eigenvalue weighted by molar-refractivity contribution is 0.203. The molecule has 1 aliphatic carbocycles. The summed E-state index contributed by atoms with van der Waals surface area (Å²) in [5, 5.41) is 3.65. The molecule has 1 saturated carbocycles. The molecule has 1 N–H and O–H groups in total. The van der Waals surface area contributed by atoms with E-state index >= 15 is 0 Å². The van der Waals surface area contributed by atoms with Crippen LogP contribution in [0.1, 0.15) is 51.4 Å². The van der Waals surface area contributed by atoms with Crippen LogP contribution in [-0.2, 0) is 0 Å². The molecule has 0 atom stereocenters. The zero-order chi connectivity index (χ0) is 10.3. The molecule has 0 amide bonds.